The standard InChI is InChI=1S/C33H35FN2O5/c1-21(2)31-30(33(41)35-25-11-7-4-8-12-25)29(22-9-5-3-6-10-22)32(23-13-15-24(34)16-14-23)36(31)18-17-26(37)19-27(38)20-28(39)40/h3-16,21,26-27,37-38H,17-20H2,1-2H3,(H,35,41)(H,39,40)/t26-,27-/m1/s1/i4+1,7+1,8+1,11+1,12+1,25+1. The fraction of sp³-hybridized carbons (Fsp3) is 0.273. The van der Waals surface area contributed by atoms with E-state index in [0.29, 0.717) is 28.1 Å². The van der Waals surface area contributed by atoms with Crippen molar-refractivity contribution in [2.24, 2.45) is 0 Å². The van der Waals surface area contributed by atoms with E-state index in [2.05, 4.69) is 5.32 Å². The number of aliphatic carboxylic acids is 1. The number of anilines is 1. The normalized spacial score (nSPS) is 12.7. The third kappa shape index (κ3) is 7.28. The maximum absolute atomic E-state index is 14.0. The van der Waals surface area contributed by atoms with Gasteiger partial charge in [-0.25, -0.2) is 4.39 Å². The fourth-order valence-electron chi connectivity index (χ4n) is 5.20. The zero-order chi connectivity index (χ0) is 29.5. The molecular weight excluding hydrogens is 529 g/mol. The Balaban J connectivity index is 1.89. The summed E-state index contributed by atoms with van der Waals surface area (Å²) in [5.74, 6) is -1.93. The van der Waals surface area contributed by atoms with Crippen LogP contribution in [0.4, 0.5) is 10.1 Å². The minimum atomic E-state index is -1.18. The molecular formula is C33H35FN2O5. The Hall–Kier alpha value is -4.27. The highest BCUT2D eigenvalue weighted by atomic mass is 19.1. The van der Waals surface area contributed by atoms with Crippen molar-refractivity contribution in [1.82, 2.24) is 4.57 Å². The molecule has 214 valence electrons. The first-order valence-corrected chi connectivity index (χ1v) is 13.7. The summed E-state index contributed by atoms with van der Waals surface area (Å²) in [5.41, 5.74) is 4.77. The van der Waals surface area contributed by atoms with Gasteiger partial charge in [0.2, 0.25) is 0 Å². The van der Waals surface area contributed by atoms with E-state index >= 15 is 0 Å². The Kier molecular flexibility index (Phi) is 9.70. The van der Waals surface area contributed by atoms with Gasteiger partial charge in [-0.1, -0.05) is 62.4 Å². The minimum absolute atomic E-state index is 0.0939. The van der Waals surface area contributed by atoms with E-state index in [4.69, 9.17) is 5.11 Å². The number of halogens is 1. The van der Waals surface area contributed by atoms with Gasteiger partial charge in [-0.15, -0.1) is 0 Å². The number of carbonyl (C=O) groups excluding carboxylic acids is 1. The van der Waals surface area contributed by atoms with Crippen LogP contribution in [0.3, 0.4) is 0 Å². The number of carboxylic acids is 1. The largest absolute Gasteiger partial charge is 0.481 e. The van der Waals surface area contributed by atoms with Crippen LogP contribution in [0.1, 0.15) is 55.1 Å². The number of para-hydroxylation sites is 1. The van der Waals surface area contributed by atoms with Gasteiger partial charge in [0.15, 0.2) is 0 Å². The van der Waals surface area contributed by atoms with E-state index in [1.54, 1.807) is 12.1 Å². The van der Waals surface area contributed by atoms with E-state index in [1.807, 2.05) is 79.1 Å². The van der Waals surface area contributed by atoms with Crippen molar-refractivity contribution in [3.63, 3.8) is 0 Å². The number of hydrogen-bond acceptors (Lipinski definition) is 4. The van der Waals surface area contributed by atoms with Gasteiger partial charge in [-0.05, 0) is 66.3 Å². The second kappa shape index (κ2) is 13.4. The maximum Gasteiger partial charge on any atom is 0.305 e. The van der Waals surface area contributed by atoms with Crippen LogP contribution in [0.25, 0.3) is 22.4 Å². The Morgan fingerprint density at radius 3 is 2.05 bits per heavy atom. The summed E-state index contributed by atoms with van der Waals surface area (Å²) in [4.78, 5) is 25.0. The van der Waals surface area contributed by atoms with Crippen LogP contribution in [0.15, 0.2) is 84.9 Å². The molecule has 1 amide bonds. The molecule has 4 N–H and O–H groups in total. The van der Waals surface area contributed by atoms with Gasteiger partial charge in [-0.3, -0.25) is 9.59 Å². The number of benzene rings is 3. The molecule has 1 heterocycles. The zero-order valence-electron chi connectivity index (χ0n) is 23.1. The number of carboxylic acid groups (broad SMARTS) is 1. The molecule has 8 heteroatoms. The van der Waals surface area contributed by atoms with E-state index in [0.717, 1.165) is 11.3 Å². The molecule has 0 fully saturated rings. The predicted molar refractivity (Wildman–Crippen MR) is 157 cm³/mol. The van der Waals surface area contributed by atoms with E-state index in [-0.39, 0.29) is 37.0 Å². The van der Waals surface area contributed by atoms with Crippen LogP contribution in [0.5, 0.6) is 0 Å². The first-order valence-electron chi connectivity index (χ1n) is 13.7. The molecule has 3 aromatic carbocycles. The van der Waals surface area contributed by atoms with Gasteiger partial charge >= 0.3 is 5.97 Å². The number of aliphatic hydroxyl groups is 2. The van der Waals surface area contributed by atoms with Gasteiger partial charge < -0.3 is 25.2 Å². The van der Waals surface area contributed by atoms with Gasteiger partial charge in [0.25, 0.3) is 5.91 Å². The molecule has 4 aromatic rings. The summed E-state index contributed by atoms with van der Waals surface area (Å²) in [7, 11) is 0. The summed E-state index contributed by atoms with van der Waals surface area (Å²) in [6.45, 7) is 4.25. The number of rotatable bonds is 12. The molecule has 1 aromatic heterocycles. The number of aromatic nitrogens is 1. The van der Waals surface area contributed by atoms with Crippen molar-refractivity contribution in [1.29, 1.82) is 0 Å². The number of nitrogens with zero attached hydrogens (tertiary/aromatic N) is 1. The third-order valence-corrected chi connectivity index (χ3v) is 6.93. The summed E-state index contributed by atoms with van der Waals surface area (Å²) in [6.07, 6.45) is -2.51. The third-order valence-electron chi connectivity index (χ3n) is 6.93. The lowest BCUT2D eigenvalue weighted by molar-refractivity contribution is -0.139. The molecule has 0 aliphatic heterocycles. The predicted octanol–water partition coefficient (Wildman–Crippen LogP) is 6.31. The fourth-order valence-corrected chi connectivity index (χ4v) is 5.20. The Morgan fingerprint density at radius 2 is 1.46 bits per heavy atom. The zero-order valence-corrected chi connectivity index (χ0v) is 23.1. The molecule has 0 unspecified atom stereocenters. The molecule has 0 saturated carbocycles. The van der Waals surface area contributed by atoms with Gasteiger partial charge in [0.1, 0.15) is 5.82 Å². The van der Waals surface area contributed by atoms with E-state index < -0.39 is 24.6 Å². The lowest BCUT2D eigenvalue weighted by Crippen LogP contribution is -2.22. The Morgan fingerprint density at radius 1 is 0.854 bits per heavy atom. The van der Waals surface area contributed by atoms with Crippen molar-refractivity contribution < 1.29 is 29.3 Å². The number of nitrogens with one attached hydrogen (secondary N) is 1. The topological polar surface area (TPSA) is 112 Å². The molecule has 0 aliphatic carbocycles. The molecule has 2 atom stereocenters. The van der Waals surface area contributed by atoms with Crippen LogP contribution < -0.4 is 5.32 Å². The maximum atomic E-state index is 14.0. The molecule has 0 radical (unpaired) electrons. The lowest BCUT2D eigenvalue weighted by Gasteiger charge is -2.20. The molecule has 0 bridgehead atoms. The first kappa shape index (κ1) is 29.7. The number of amides is 1. The van der Waals surface area contributed by atoms with Crippen LogP contribution >= 0.6 is 0 Å². The second-order valence-electron chi connectivity index (χ2n) is 10.4. The van der Waals surface area contributed by atoms with Crippen molar-refractivity contribution in [3.05, 3.63) is 102 Å². The number of carbonyl (C=O) groups is 2. The van der Waals surface area contributed by atoms with Crippen molar-refractivity contribution >= 4 is 17.6 Å². The average molecular weight is 565 g/mol. The molecule has 0 spiro atoms. The van der Waals surface area contributed by atoms with E-state index in [1.165, 1.54) is 12.1 Å². The highest BCUT2D eigenvalue weighted by Crippen LogP contribution is 2.42. The Bertz CT molecular complexity index is 1470. The summed E-state index contributed by atoms with van der Waals surface area (Å²) in [5, 5.41) is 32.8. The quantitative estimate of drug-likeness (QED) is 0.161. The van der Waals surface area contributed by atoms with Gasteiger partial charge in [0, 0.05) is 23.5 Å². The highest BCUT2D eigenvalue weighted by Gasteiger charge is 2.31. The van der Waals surface area contributed by atoms with Crippen LogP contribution in [-0.4, -0.2) is 44.0 Å². The van der Waals surface area contributed by atoms with Crippen molar-refractivity contribution in [2.45, 2.75) is 57.8 Å². The van der Waals surface area contributed by atoms with Crippen LogP contribution in [0, 0.1) is 5.82 Å². The molecule has 7 nitrogen and oxygen atoms in total. The lowest BCUT2D eigenvalue weighted by atomic mass is 9.94. The monoisotopic (exact) mass is 564 g/mol. The average Bonchev–Trinajstić information content (AvgIpc) is 3.28. The van der Waals surface area contributed by atoms with Crippen LogP contribution in [0.2, 0.25) is 0 Å². The summed E-state index contributed by atoms with van der Waals surface area (Å²) >= 11 is 0. The number of aliphatic hydroxyl groups excluding tert-OH is 2. The smallest absolute Gasteiger partial charge is 0.305 e. The molecule has 4 rings (SSSR count). The Labute approximate surface area is 238 Å². The number of hydrogen-bond donors (Lipinski definition) is 4. The van der Waals surface area contributed by atoms with Gasteiger partial charge in [-0.2, -0.15) is 0 Å². The van der Waals surface area contributed by atoms with Crippen LogP contribution in [-0.2, 0) is 11.3 Å². The van der Waals surface area contributed by atoms with E-state index in [9.17, 15) is 24.2 Å². The minimum Gasteiger partial charge on any atom is -0.481 e. The molecule has 0 aliphatic rings. The highest BCUT2D eigenvalue weighted by molar-refractivity contribution is 6.12. The van der Waals surface area contributed by atoms with Gasteiger partial charge in [0.05, 0.1) is 29.9 Å². The van der Waals surface area contributed by atoms with Crippen molar-refractivity contribution in [3.8, 4) is 22.4 Å². The van der Waals surface area contributed by atoms with Crippen molar-refractivity contribution in [2.75, 3.05) is 5.32 Å². The first-order chi connectivity index (χ1) is 19.7. The SMILES string of the molecule is CC(C)c1c(C(=O)N[13c]2[13cH][13cH][13cH][13cH][13cH]2)c(-c2ccccc2)c(-c2ccc(F)cc2)n1CC[C@@H](O)C[C@@H](O)CC(=O)O. The summed E-state index contributed by atoms with van der Waals surface area (Å²) < 4.78 is 16.0. The molecule has 41 heavy (non-hydrogen) atoms. The second-order valence-corrected chi connectivity index (χ2v) is 10.4. The summed E-state index contributed by atoms with van der Waals surface area (Å²) in [6, 6.07) is 24.8. The molecule has 0 saturated heterocycles.